The molecule has 0 radical (unpaired) electrons. The van der Waals surface area contributed by atoms with Crippen molar-refractivity contribution in [1.82, 2.24) is 9.80 Å². The molecule has 0 aliphatic carbocycles. The lowest BCUT2D eigenvalue weighted by Gasteiger charge is -2.35. The molecule has 0 aromatic heterocycles. The molecular formula is C39H47ClN4O7S. The quantitative estimate of drug-likeness (QED) is 0.173. The normalized spacial score (nSPS) is 19.5. The highest BCUT2D eigenvalue weighted by Gasteiger charge is 2.31. The number of sulfonamides is 1. The van der Waals surface area contributed by atoms with Gasteiger partial charge in [0.1, 0.15) is 5.75 Å². The van der Waals surface area contributed by atoms with E-state index in [2.05, 4.69) is 10.0 Å². The van der Waals surface area contributed by atoms with Crippen LogP contribution in [0.4, 0.5) is 16.2 Å². The van der Waals surface area contributed by atoms with Gasteiger partial charge in [0.2, 0.25) is 0 Å². The number of amides is 3. The van der Waals surface area contributed by atoms with Crippen molar-refractivity contribution in [1.29, 1.82) is 0 Å². The Morgan fingerprint density at radius 3 is 2.52 bits per heavy atom. The third-order valence-corrected chi connectivity index (χ3v) is 10.9. The first-order chi connectivity index (χ1) is 24.9. The van der Waals surface area contributed by atoms with Crippen molar-refractivity contribution in [2.24, 2.45) is 5.92 Å². The van der Waals surface area contributed by atoms with E-state index in [1.807, 2.05) is 56.3 Å². The summed E-state index contributed by atoms with van der Waals surface area (Å²) in [6.07, 6.45) is 1.55. The van der Waals surface area contributed by atoms with Crippen LogP contribution in [0, 0.1) is 5.92 Å². The fourth-order valence-corrected chi connectivity index (χ4v) is 7.35. The van der Waals surface area contributed by atoms with Crippen molar-refractivity contribution < 1.29 is 32.6 Å². The number of carbonyl (C=O) groups excluding carboxylic acids is 2. The van der Waals surface area contributed by atoms with Gasteiger partial charge in [0.25, 0.3) is 15.9 Å². The van der Waals surface area contributed by atoms with Gasteiger partial charge in [-0.15, -0.1) is 0 Å². The van der Waals surface area contributed by atoms with Gasteiger partial charge >= 0.3 is 6.03 Å². The Hall–Kier alpha value is -4.36. The molecule has 1 aliphatic rings. The van der Waals surface area contributed by atoms with Crippen LogP contribution in [0.1, 0.15) is 50.4 Å². The first-order valence-corrected chi connectivity index (χ1v) is 19.3. The molecule has 1 heterocycles. The van der Waals surface area contributed by atoms with Crippen molar-refractivity contribution >= 4 is 55.7 Å². The highest BCUT2D eigenvalue weighted by Crippen LogP contribution is 2.30. The van der Waals surface area contributed by atoms with Gasteiger partial charge in [-0.05, 0) is 87.0 Å². The average Bonchev–Trinajstić information content (AvgIpc) is 3.12. The lowest BCUT2D eigenvalue weighted by atomic mass is 10.0. The first kappa shape index (κ1) is 38.9. The maximum absolute atomic E-state index is 14.5. The molecule has 4 aromatic rings. The molecule has 0 spiro atoms. The van der Waals surface area contributed by atoms with Gasteiger partial charge in [-0.3, -0.25) is 9.52 Å². The van der Waals surface area contributed by atoms with Crippen LogP contribution in [-0.4, -0.2) is 86.9 Å². The number of rotatable bonds is 8. The summed E-state index contributed by atoms with van der Waals surface area (Å²) in [7, 11) is -2.29. The van der Waals surface area contributed by atoms with Gasteiger partial charge in [0.15, 0.2) is 0 Å². The molecule has 3 N–H and O–H groups in total. The minimum atomic E-state index is -4.00. The predicted molar refractivity (Wildman–Crippen MR) is 205 cm³/mol. The molecule has 0 saturated carbocycles. The van der Waals surface area contributed by atoms with E-state index < -0.39 is 28.1 Å². The summed E-state index contributed by atoms with van der Waals surface area (Å²) >= 11 is 5.96. The zero-order valence-electron chi connectivity index (χ0n) is 29.9. The van der Waals surface area contributed by atoms with E-state index in [-0.39, 0.29) is 53.9 Å². The van der Waals surface area contributed by atoms with Crippen LogP contribution in [0.25, 0.3) is 10.8 Å². The number of urea groups is 1. The SMILES string of the molecule is C[C@H](CO)N1C[C@H](C)[C@H](CN(C)C(=O)Nc2cccc3ccccc23)OCCCC[C@H](C)Oc2ccc(NS(=O)(=O)c3ccc(Cl)cc3)cc2C1=O. The zero-order valence-corrected chi connectivity index (χ0v) is 31.5. The molecule has 13 heteroatoms. The monoisotopic (exact) mass is 750 g/mol. The molecule has 0 fully saturated rings. The number of fused-ring (bicyclic) bond motifs is 2. The lowest BCUT2D eigenvalue weighted by molar-refractivity contribution is -0.0115. The van der Waals surface area contributed by atoms with Gasteiger partial charge in [-0.25, -0.2) is 13.2 Å². The number of aliphatic hydroxyl groups excluding tert-OH is 1. The standard InChI is InChI=1S/C39H47ClN4O7S/c1-26-23-44(27(2)25-45)38(46)34-22-31(42-52(48,49)32-18-15-30(40)16-19-32)17-20-36(34)51-28(3)10-7-8-21-50-37(26)24-43(4)39(47)41-35-14-9-12-29-11-5-6-13-33(29)35/h5-6,9,11-20,22,26-28,37,42,45H,7-8,10,21,23-25H2,1-4H3,(H,41,47)/t26-,27+,28-,37-/m0/s1. The van der Waals surface area contributed by atoms with E-state index in [0.29, 0.717) is 29.5 Å². The van der Waals surface area contributed by atoms with Gasteiger partial charge in [-0.2, -0.15) is 0 Å². The second-order valence-corrected chi connectivity index (χ2v) is 15.5. The Labute approximate surface area is 310 Å². The van der Waals surface area contributed by atoms with Gasteiger partial charge in [-0.1, -0.05) is 54.9 Å². The van der Waals surface area contributed by atoms with Gasteiger partial charge in [0, 0.05) is 48.8 Å². The molecule has 0 saturated heterocycles. The van der Waals surface area contributed by atoms with Crippen molar-refractivity contribution in [2.75, 3.05) is 43.4 Å². The van der Waals surface area contributed by atoms with E-state index in [1.54, 1.807) is 35.9 Å². The van der Waals surface area contributed by atoms with Crippen LogP contribution in [-0.2, 0) is 14.8 Å². The topological polar surface area (TPSA) is 138 Å². The molecule has 5 rings (SSSR count). The maximum atomic E-state index is 14.5. The van der Waals surface area contributed by atoms with Crippen molar-refractivity contribution in [3.63, 3.8) is 0 Å². The van der Waals surface area contributed by atoms with E-state index in [9.17, 15) is 23.1 Å². The highest BCUT2D eigenvalue weighted by molar-refractivity contribution is 7.92. The second kappa shape index (κ2) is 17.4. The molecule has 278 valence electrons. The molecule has 4 atom stereocenters. The number of halogens is 1. The number of aliphatic hydroxyl groups is 1. The number of ether oxygens (including phenoxy) is 2. The Morgan fingerprint density at radius 2 is 1.77 bits per heavy atom. The smallest absolute Gasteiger partial charge is 0.321 e. The average molecular weight is 751 g/mol. The predicted octanol–water partition coefficient (Wildman–Crippen LogP) is 7.25. The van der Waals surface area contributed by atoms with Crippen LogP contribution < -0.4 is 14.8 Å². The Bertz CT molecular complexity index is 1950. The van der Waals surface area contributed by atoms with Gasteiger partial charge in [0.05, 0.1) is 41.0 Å². The number of hydrogen-bond acceptors (Lipinski definition) is 7. The summed E-state index contributed by atoms with van der Waals surface area (Å²) in [6.45, 7) is 6.18. The van der Waals surface area contributed by atoms with Crippen LogP contribution in [0.3, 0.4) is 0 Å². The second-order valence-electron chi connectivity index (χ2n) is 13.4. The minimum absolute atomic E-state index is 0.0133. The molecule has 1 aliphatic heterocycles. The molecule has 4 aromatic carbocycles. The van der Waals surface area contributed by atoms with Gasteiger partial charge < -0.3 is 29.7 Å². The Balaban J connectivity index is 1.40. The number of benzene rings is 4. The number of carbonyl (C=O) groups is 2. The number of anilines is 2. The zero-order chi connectivity index (χ0) is 37.4. The number of nitrogens with one attached hydrogen (secondary N) is 2. The third-order valence-electron chi connectivity index (χ3n) is 9.26. The summed E-state index contributed by atoms with van der Waals surface area (Å²) in [5.41, 5.74) is 1.02. The third kappa shape index (κ3) is 9.74. The first-order valence-electron chi connectivity index (χ1n) is 17.5. The molecule has 0 bridgehead atoms. The van der Waals surface area contributed by atoms with Crippen molar-refractivity contribution in [3.05, 3.63) is 95.5 Å². The summed E-state index contributed by atoms with van der Waals surface area (Å²) in [4.78, 5) is 31.1. The van der Waals surface area contributed by atoms with Crippen LogP contribution >= 0.6 is 11.6 Å². The van der Waals surface area contributed by atoms with E-state index in [4.69, 9.17) is 21.1 Å². The van der Waals surface area contributed by atoms with Crippen molar-refractivity contribution in [2.45, 2.75) is 63.2 Å². The van der Waals surface area contributed by atoms with E-state index in [1.165, 1.54) is 30.3 Å². The molecule has 3 amide bonds. The largest absolute Gasteiger partial charge is 0.490 e. The highest BCUT2D eigenvalue weighted by atomic mass is 35.5. The maximum Gasteiger partial charge on any atom is 0.321 e. The van der Waals surface area contributed by atoms with E-state index in [0.717, 1.165) is 23.6 Å². The summed E-state index contributed by atoms with van der Waals surface area (Å²) in [6, 6.07) is 23.1. The Morgan fingerprint density at radius 1 is 1.04 bits per heavy atom. The van der Waals surface area contributed by atoms with Crippen LogP contribution in [0.2, 0.25) is 5.02 Å². The number of nitrogens with zero attached hydrogens (tertiary/aromatic N) is 2. The number of hydrogen-bond donors (Lipinski definition) is 3. The molecular weight excluding hydrogens is 704 g/mol. The van der Waals surface area contributed by atoms with Crippen molar-refractivity contribution in [3.8, 4) is 5.75 Å². The van der Waals surface area contributed by atoms with E-state index >= 15 is 0 Å². The Kier molecular flexibility index (Phi) is 13.0. The minimum Gasteiger partial charge on any atom is -0.490 e. The molecule has 0 unspecified atom stereocenters. The summed E-state index contributed by atoms with van der Waals surface area (Å²) in [5.74, 6) is -0.408. The molecule has 11 nitrogen and oxygen atoms in total. The fourth-order valence-electron chi connectivity index (χ4n) is 6.17. The summed E-state index contributed by atoms with van der Waals surface area (Å²) < 4.78 is 41.7. The fraction of sp³-hybridized carbons (Fsp3) is 0.385. The lowest BCUT2D eigenvalue weighted by Crippen LogP contribution is -2.48. The van der Waals surface area contributed by atoms with Crippen LogP contribution in [0.15, 0.2) is 89.8 Å². The summed E-state index contributed by atoms with van der Waals surface area (Å²) in [5, 5.41) is 15.7. The number of likely N-dealkylation sites (N-methyl/N-ethyl adjacent to an activating group) is 1. The molecule has 52 heavy (non-hydrogen) atoms. The van der Waals surface area contributed by atoms with Crippen LogP contribution in [0.5, 0.6) is 5.75 Å².